The number of benzene rings is 2. The minimum atomic E-state index is -0.546. The van der Waals surface area contributed by atoms with Crippen molar-refractivity contribution >= 4 is 29.1 Å². The largest absolute Gasteiger partial charge is 0.366 e. The topological polar surface area (TPSA) is 63.4 Å². The van der Waals surface area contributed by atoms with Gasteiger partial charge in [-0.1, -0.05) is 30.7 Å². The molecule has 2 amide bonds. The summed E-state index contributed by atoms with van der Waals surface area (Å²) in [4.78, 5) is 26.5. The van der Waals surface area contributed by atoms with Gasteiger partial charge in [-0.2, -0.15) is 0 Å². The van der Waals surface area contributed by atoms with Crippen LogP contribution in [0.1, 0.15) is 41.3 Å². The number of hydrogen-bond acceptors (Lipinski definition) is 2. The van der Waals surface area contributed by atoms with Gasteiger partial charge in [0, 0.05) is 22.8 Å². The van der Waals surface area contributed by atoms with Gasteiger partial charge in [-0.05, 0) is 84.7 Å². The second kappa shape index (κ2) is 8.31. The average Bonchev–Trinajstić information content (AvgIpc) is 2.75. The Kier molecular flexibility index (Phi) is 5.71. The Morgan fingerprint density at radius 1 is 1.19 bits per heavy atom. The number of carbonyl (C=O) groups is 2. The first-order valence-corrected chi connectivity index (χ1v) is 10.8. The van der Waals surface area contributed by atoms with E-state index in [0.29, 0.717) is 18.5 Å². The maximum absolute atomic E-state index is 14.5. The lowest BCUT2D eigenvalue weighted by molar-refractivity contribution is -0.115. The zero-order valence-corrected chi connectivity index (χ0v) is 18.3. The third kappa shape index (κ3) is 3.90. The van der Waals surface area contributed by atoms with E-state index in [2.05, 4.69) is 0 Å². The van der Waals surface area contributed by atoms with E-state index >= 15 is 0 Å². The number of carbonyl (C=O) groups excluding carboxylic acids is 2. The van der Waals surface area contributed by atoms with E-state index in [1.54, 1.807) is 17.0 Å². The van der Waals surface area contributed by atoms with Crippen molar-refractivity contribution in [3.05, 3.63) is 75.6 Å². The number of fused-ring (bicyclic) bond motifs is 1. The molecule has 2 aliphatic rings. The number of rotatable bonds is 3. The summed E-state index contributed by atoms with van der Waals surface area (Å²) in [5.41, 5.74) is 10.5. The van der Waals surface area contributed by atoms with Gasteiger partial charge in [0.15, 0.2) is 0 Å². The quantitative estimate of drug-likeness (QED) is 0.694. The molecule has 0 bridgehead atoms. The van der Waals surface area contributed by atoms with E-state index in [1.807, 2.05) is 38.1 Å². The average molecular weight is 439 g/mol. The van der Waals surface area contributed by atoms with Crippen LogP contribution in [0.4, 0.5) is 10.1 Å². The van der Waals surface area contributed by atoms with E-state index < -0.39 is 17.6 Å². The molecule has 2 N–H and O–H groups in total. The van der Waals surface area contributed by atoms with Crippen molar-refractivity contribution in [1.29, 1.82) is 0 Å². The Morgan fingerprint density at radius 3 is 2.71 bits per heavy atom. The zero-order chi connectivity index (χ0) is 22.3. The molecule has 0 aromatic heterocycles. The van der Waals surface area contributed by atoms with Crippen molar-refractivity contribution in [2.24, 2.45) is 11.7 Å². The molecule has 4 nitrogen and oxygen atoms in total. The summed E-state index contributed by atoms with van der Waals surface area (Å²) in [6, 6.07) is 11.2. The molecule has 1 atom stereocenters. The highest BCUT2D eigenvalue weighted by Crippen LogP contribution is 2.38. The molecule has 0 spiro atoms. The van der Waals surface area contributed by atoms with Gasteiger partial charge < -0.3 is 10.6 Å². The molecule has 0 saturated heterocycles. The smallest absolute Gasteiger partial charge is 0.262 e. The summed E-state index contributed by atoms with van der Waals surface area (Å²) in [6.07, 6.45) is 3.51. The van der Waals surface area contributed by atoms with E-state index in [9.17, 15) is 14.0 Å². The first-order valence-electron chi connectivity index (χ1n) is 10.4. The third-order valence-corrected chi connectivity index (χ3v) is 6.61. The highest BCUT2D eigenvalue weighted by Gasteiger charge is 2.32. The van der Waals surface area contributed by atoms with Gasteiger partial charge >= 0.3 is 0 Å². The second-order valence-electron chi connectivity index (χ2n) is 8.21. The number of nitrogens with zero attached hydrogens (tertiary/aromatic N) is 1. The van der Waals surface area contributed by atoms with Crippen LogP contribution in [0.15, 0.2) is 58.9 Å². The van der Waals surface area contributed by atoms with Crippen molar-refractivity contribution in [3.63, 3.8) is 0 Å². The number of halogens is 2. The Balaban J connectivity index is 1.73. The molecule has 2 aromatic carbocycles. The standard InChI is InChI=1S/C25H24ClFN2O2/c1-14-5-7-18(24(28)30)13-19(14)16-8-10-21-17(12-16)4-3-11-29(21)25(31)22-20(27)9-6-15(2)23(22)26/h5,7-10,12-13,15H,3-4,6,11H2,1-2H3,(H2,28,30). The summed E-state index contributed by atoms with van der Waals surface area (Å²) < 4.78 is 14.5. The molecule has 1 aliphatic heterocycles. The summed E-state index contributed by atoms with van der Waals surface area (Å²) in [6.45, 7) is 4.37. The van der Waals surface area contributed by atoms with Crippen molar-refractivity contribution in [1.82, 2.24) is 0 Å². The lowest BCUT2D eigenvalue weighted by Crippen LogP contribution is -2.37. The van der Waals surface area contributed by atoms with Gasteiger partial charge in [-0.25, -0.2) is 4.39 Å². The molecule has 31 heavy (non-hydrogen) atoms. The van der Waals surface area contributed by atoms with E-state index in [1.165, 1.54) is 6.08 Å². The van der Waals surface area contributed by atoms with Crippen LogP contribution in [0.2, 0.25) is 0 Å². The lowest BCUT2D eigenvalue weighted by atomic mass is 9.92. The van der Waals surface area contributed by atoms with Crippen LogP contribution in [0, 0.1) is 12.8 Å². The Morgan fingerprint density at radius 2 is 1.97 bits per heavy atom. The molecule has 1 aliphatic carbocycles. The van der Waals surface area contributed by atoms with Crippen LogP contribution in [0.5, 0.6) is 0 Å². The fourth-order valence-electron chi connectivity index (χ4n) is 4.25. The molecular weight excluding hydrogens is 415 g/mol. The number of primary amides is 1. The fourth-order valence-corrected chi connectivity index (χ4v) is 4.51. The lowest BCUT2D eigenvalue weighted by Gasteiger charge is -2.32. The molecular formula is C25H24ClFN2O2. The Bertz CT molecular complexity index is 1150. The van der Waals surface area contributed by atoms with Crippen LogP contribution in [-0.4, -0.2) is 18.4 Å². The number of allylic oxidation sites excluding steroid dienone is 2. The first-order chi connectivity index (χ1) is 14.8. The van der Waals surface area contributed by atoms with Crippen LogP contribution in [-0.2, 0) is 11.2 Å². The van der Waals surface area contributed by atoms with Gasteiger partial charge in [0.2, 0.25) is 5.91 Å². The highest BCUT2D eigenvalue weighted by atomic mass is 35.5. The Labute approximate surface area is 186 Å². The van der Waals surface area contributed by atoms with Gasteiger partial charge in [-0.3, -0.25) is 9.59 Å². The molecule has 1 unspecified atom stereocenters. The van der Waals surface area contributed by atoms with Crippen LogP contribution < -0.4 is 10.6 Å². The first kappa shape index (κ1) is 21.3. The van der Waals surface area contributed by atoms with E-state index in [4.69, 9.17) is 17.3 Å². The molecule has 0 radical (unpaired) electrons. The normalized spacial score (nSPS) is 18.5. The van der Waals surface area contributed by atoms with E-state index in [0.717, 1.165) is 40.8 Å². The fraction of sp³-hybridized carbons (Fsp3) is 0.280. The SMILES string of the molecule is Cc1ccc(C(N)=O)cc1-c1ccc2c(c1)CCCN2C(=O)C1=C(Cl)C(C)CC=C1F. The molecule has 0 fully saturated rings. The van der Waals surface area contributed by atoms with Crippen molar-refractivity contribution in [2.75, 3.05) is 11.4 Å². The van der Waals surface area contributed by atoms with Crippen LogP contribution in [0.25, 0.3) is 11.1 Å². The third-order valence-electron chi connectivity index (χ3n) is 6.05. The van der Waals surface area contributed by atoms with Gasteiger partial charge in [0.25, 0.3) is 5.91 Å². The summed E-state index contributed by atoms with van der Waals surface area (Å²) in [5.74, 6) is -1.49. The molecule has 2 aromatic rings. The van der Waals surface area contributed by atoms with Crippen molar-refractivity contribution in [2.45, 2.75) is 33.1 Å². The minimum absolute atomic E-state index is 0.0256. The minimum Gasteiger partial charge on any atom is -0.366 e. The monoisotopic (exact) mass is 438 g/mol. The van der Waals surface area contributed by atoms with Gasteiger partial charge in [0.05, 0.1) is 5.57 Å². The van der Waals surface area contributed by atoms with Gasteiger partial charge in [0.1, 0.15) is 5.83 Å². The summed E-state index contributed by atoms with van der Waals surface area (Å²) in [7, 11) is 0. The number of anilines is 1. The molecule has 0 saturated carbocycles. The van der Waals surface area contributed by atoms with Crippen LogP contribution >= 0.6 is 11.6 Å². The Hall–Kier alpha value is -2.92. The summed E-state index contributed by atoms with van der Waals surface area (Å²) >= 11 is 6.35. The maximum Gasteiger partial charge on any atom is 0.262 e. The molecule has 160 valence electrons. The van der Waals surface area contributed by atoms with Crippen molar-refractivity contribution in [3.8, 4) is 11.1 Å². The van der Waals surface area contributed by atoms with Crippen LogP contribution in [0.3, 0.4) is 0 Å². The predicted molar refractivity (Wildman–Crippen MR) is 122 cm³/mol. The van der Waals surface area contributed by atoms with Crippen molar-refractivity contribution < 1.29 is 14.0 Å². The zero-order valence-electron chi connectivity index (χ0n) is 17.5. The highest BCUT2D eigenvalue weighted by molar-refractivity contribution is 6.33. The number of nitrogens with two attached hydrogens (primary N) is 1. The second-order valence-corrected chi connectivity index (χ2v) is 8.62. The summed E-state index contributed by atoms with van der Waals surface area (Å²) in [5, 5.41) is 0.285. The van der Waals surface area contributed by atoms with Gasteiger partial charge in [-0.15, -0.1) is 0 Å². The predicted octanol–water partition coefficient (Wildman–Crippen LogP) is 5.43. The number of hydrogen-bond donors (Lipinski definition) is 1. The van der Waals surface area contributed by atoms with E-state index in [-0.39, 0.29) is 16.5 Å². The molecule has 4 rings (SSSR count). The number of amides is 2. The molecule has 6 heteroatoms. The molecule has 1 heterocycles. The maximum atomic E-state index is 14.5. The number of aryl methyl sites for hydroxylation is 2.